The van der Waals surface area contributed by atoms with E-state index >= 15 is 0 Å². The van der Waals surface area contributed by atoms with Gasteiger partial charge in [-0.3, -0.25) is 0 Å². The van der Waals surface area contributed by atoms with Crippen LogP contribution in [0.5, 0.6) is 0 Å². The fraction of sp³-hybridized carbons (Fsp3) is 0.600. The van der Waals surface area contributed by atoms with Crippen molar-refractivity contribution in [2.45, 2.75) is 39.5 Å². The Balaban J connectivity index is 2.13. The first-order valence-corrected chi connectivity index (χ1v) is 6.40. The van der Waals surface area contributed by atoms with Crippen molar-refractivity contribution in [1.29, 1.82) is 0 Å². The number of hydrogen-bond donors (Lipinski definition) is 1. The van der Waals surface area contributed by atoms with Gasteiger partial charge in [0.1, 0.15) is 0 Å². The van der Waals surface area contributed by atoms with Crippen LogP contribution in [0.25, 0.3) is 0 Å². The third kappa shape index (κ3) is 6.44. The van der Waals surface area contributed by atoms with Crippen molar-refractivity contribution in [1.82, 2.24) is 0 Å². The highest BCUT2D eigenvalue weighted by molar-refractivity contribution is 5.10. The zero-order valence-corrected chi connectivity index (χ0v) is 11.0. The van der Waals surface area contributed by atoms with E-state index in [9.17, 15) is 0 Å². The molecular formula is C15H24O2. The van der Waals surface area contributed by atoms with Gasteiger partial charge in [0, 0.05) is 0 Å². The maximum absolute atomic E-state index is 8.73. The molecule has 17 heavy (non-hydrogen) atoms. The largest absolute Gasteiger partial charge is 0.392 e. The van der Waals surface area contributed by atoms with Crippen LogP contribution in [0.3, 0.4) is 0 Å². The van der Waals surface area contributed by atoms with Gasteiger partial charge in [-0.2, -0.15) is 0 Å². The molecule has 1 N–H and O–H groups in total. The van der Waals surface area contributed by atoms with Crippen molar-refractivity contribution in [3.63, 3.8) is 0 Å². The van der Waals surface area contributed by atoms with Crippen LogP contribution < -0.4 is 0 Å². The van der Waals surface area contributed by atoms with Crippen molar-refractivity contribution in [2.75, 3.05) is 19.8 Å². The average Bonchev–Trinajstić information content (AvgIpc) is 2.22. The summed E-state index contributed by atoms with van der Waals surface area (Å²) in [5, 5.41) is 8.73. The van der Waals surface area contributed by atoms with Gasteiger partial charge < -0.3 is 9.84 Å². The van der Waals surface area contributed by atoms with E-state index in [1.807, 2.05) is 6.08 Å². The van der Waals surface area contributed by atoms with Crippen molar-refractivity contribution >= 4 is 0 Å². The van der Waals surface area contributed by atoms with E-state index in [1.165, 1.54) is 16.7 Å². The van der Waals surface area contributed by atoms with Gasteiger partial charge in [0.2, 0.25) is 0 Å². The minimum Gasteiger partial charge on any atom is -0.392 e. The fourth-order valence-electron chi connectivity index (χ4n) is 1.75. The summed E-state index contributed by atoms with van der Waals surface area (Å²) < 4.78 is 5.10. The maximum Gasteiger partial charge on any atom is 0.0703 e. The Morgan fingerprint density at radius 2 is 1.76 bits per heavy atom. The molecule has 1 aliphatic rings. The summed E-state index contributed by atoms with van der Waals surface area (Å²) in [5.41, 5.74) is 4.17. The molecule has 0 atom stereocenters. The van der Waals surface area contributed by atoms with Crippen LogP contribution >= 0.6 is 0 Å². The lowest BCUT2D eigenvalue weighted by Gasteiger charge is -2.17. The first-order valence-electron chi connectivity index (χ1n) is 6.40. The summed E-state index contributed by atoms with van der Waals surface area (Å²) in [6.45, 7) is 6.10. The van der Waals surface area contributed by atoms with E-state index in [4.69, 9.17) is 9.84 Å². The minimum absolute atomic E-state index is 0.157. The molecule has 0 radical (unpaired) electrons. The molecule has 2 heteroatoms. The Morgan fingerprint density at radius 1 is 1.12 bits per heavy atom. The van der Waals surface area contributed by atoms with Gasteiger partial charge in [-0.1, -0.05) is 29.4 Å². The predicted octanol–water partition coefficient (Wildman–Crippen LogP) is 3.39. The first-order chi connectivity index (χ1) is 8.22. The zero-order valence-electron chi connectivity index (χ0n) is 11.0. The van der Waals surface area contributed by atoms with Gasteiger partial charge in [0.25, 0.3) is 0 Å². The zero-order chi connectivity index (χ0) is 12.5. The lowest BCUT2D eigenvalue weighted by Crippen LogP contribution is -2.15. The molecule has 0 aliphatic carbocycles. The van der Waals surface area contributed by atoms with Gasteiger partial charge in [0.05, 0.1) is 19.8 Å². The van der Waals surface area contributed by atoms with Crippen molar-refractivity contribution in [3.05, 3.63) is 34.9 Å². The Kier molecular flexibility index (Phi) is 6.90. The van der Waals surface area contributed by atoms with Crippen LogP contribution in [0.2, 0.25) is 0 Å². The maximum atomic E-state index is 8.73. The van der Waals surface area contributed by atoms with Crippen LogP contribution in [0, 0.1) is 0 Å². The molecule has 0 amide bonds. The topological polar surface area (TPSA) is 29.5 Å². The Labute approximate surface area is 105 Å². The highest BCUT2D eigenvalue weighted by atomic mass is 16.5. The van der Waals surface area contributed by atoms with Crippen molar-refractivity contribution in [2.24, 2.45) is 0 Å². The highest BCUT2D eigenvalue weighted by Crippen LogP contribution is 2.14. The monoisotopic (exact) mass is 236 g/mol. The van der Waals surface area contributed by atoms with E-state index in [0.717, 1.165) is 38.9 Å². The third-order valence-corrected chi connectivity index (χ3v) is 3.02. The number of ether oxygens (including phenoxy) is 1. The summed E-state index contributed by atoms with van der Waals surface area (Å²) in [6, 6.07) is 0. The Morgan fingerprint density at radius 3 is 2.35 bits per heavy atom. The van der Waals surface area contributed by atoms with Crippen LogP contribution in [-0.2, 0) is 4.74 Å². The predicted molar refractivity (Wildman–Crippen MR) is 72.0 cm³/mol. The molecule has 1 fully saturated rings. The normalized spacial score (nSPS) is 17.0. The second-order valence-corrected chi connectivity index (χ2v) is 4.72. The molecule has 1 aliphatic heterocycles. The van der Waals surface area contributed by atoms with E-state index in [-0.39, 0.29) is 6.61 Å². The molecule has 0 aromatic rings. The molecule has 96 valence electrons. The molecule has 0 spiro atoms. The van der Waals surface area contributed by atoms with Gasteiger partial charge in [0.15, 0.2) is 0 Å². The second-order valence-electron chi connectivity index (χ2n) is 4.72. The summed E-state index contributed by atoms with van der Waals surface area (Å²) in [4.78, 5) is 0. The molecule has 1 saturated heterocycles. The number of aliphatic hydroxyl groups is 1. The lowest BCUT2D eigenvalue weighted by molar-refractivity contribution is 0.102. The van der Waals surface area contributed by atoms with Crippen molar-refractivity contribution in [3.8, 4) is 0 Å². The summed E-state index contributed by atoms with van der Waals surface area (Å²) in [5.74, 6) is 0. The Hall–Kier alpha value is -0.860. The number of aliphatic hydroxyl groups excluding tert-OH is 1. The highest BCUT2D eigenvalue weighted by Gasteiger charge is 2.06. The van der Waals surface area contributed by atoms with E-state index < -0.39 is 0 Å². The first kappa shape index (κ1) is 14.2. The summed E-state index contributed by atoms with van der Waals surface area (Å²) in [6.07, 6.45) is 10.9. The van der Waals surface area contributed by atoms with Gasteiger partial charge in [-0.05, 0) is 45.1 Å². The van der Waals surface area contributed by atoms with Gasteiger partial charge >= 0.3 is 0 Å². The SMILES string of the molecule is C/C(=C/CC/C(C)=C\CO)CCC=C1COC1. The quantitative estimate of drug-likeness (QED) is 0.687. The van der Waals surface area contributed by atoms with Gasteiger partial charge in [-0.25, -0.2) is 0 Å². The molecule has 0 bridgehead atoms. The molecule has 0 aromatic heterocycles. The lowest BCUT2D eigenvalue weighted by atomic mass is 10.1. The van der Waals surface area contributed by atoms with E-state index in [0.29, 0.717) is 0 Å². The molecule has 1 rings (SSSR count). The smallest absolute Gasteiger partial charge is 0.0703 e. The van der Waals surface area contributed by atoms with E-state index in [2.05, 4.69) is 26.0 Å². The summed E-state index contributed by atoms with van der Waals surface area (Å²) >= 11 is 0. The molecule has 0 unspecified atom stereocenters. The molecule has 1 heterocycles. The number of rotatable bonds is 7. The average molecular weight is 236 g/mol. The Bertz CT molecular complexity index is 305. The second kappa shape index (κ2) is 8.26. The fourth-order valence-corrected chi connectivity index (χ4v) is 1.75. The standard InChI is InChI=1S/C15H24O2/c1-13(5-3-6-14(2)9-10-16)7-4-8-15-11-17-12-15/h5,8-9,16H,3-4,6-7,10-12H2,1-2H3/b13-5-,14-9-. The number of allylic oxidation sites excluding steroid dienone is 4. The minimum atomic E-state index is 0.157. The van der Waals surface area contributed by atoms with Crippen LogP contribution in [0.15, 0.2) is 34.9 Å². The number of hydrogen-bond acceptors (Lipinski definition) is 2. The van der Waals surface area contributed by atoms with Gasteiger partial charge in [-0.15, -0.1) is 0 Å². The van der Waals surface area contributed by atoms with E-state index in [1.54, 1.807) is 0 Å². The van der Waals surface area contributed by atoms with Crippen LogP contribution in [-0.4, -0.2) is 24.9 Å². The molecule has 0 aromatic carbocycles. The summed E-state index contributed by atoms with van der Waals surface area (Å²) in [7, 11) is 0. The van der Waals surface area contributed by atoms with Crippen LogP contribution in [0.4, 0.5) is 0 Å². The molecule has 2 nitrogen and oxygen atoms in total. The third-order valence-electron chi connectivity index (χ3n) is 3.02. The molecular weight excluding hydrogens is 212 g/mol. The van der Waals surface area contributed by atoms with Crippen LogP contribution in [0.1, 0.15) is 39.5 Å². The van der Waals surface area contributed by atoms with Crippen molar-refractivity contribution < 1.29 is 9.84 Å². The molecule has 0 saturated carbocycles.